The molecule has 0 aliphatic heterocycles. The average molecular weight is 221 g/mol. The van der Waals surface area contributed by atoms with Crippen molar-refractivity contribution in [3.05, 3.63) is 29.1 Å². The minimum absolute atomic E-state index is 0.728. The van der Waals surface area contributed by atoms with Crippen LogP contribution in [0.25, 0.3) is 10.1 Å². The Bertz CT molecular complexity index is 450. The number of hydrogen-bond acceptors (Lipinski definition) is 3. The molecule has 0 aliphatic carbocycles. The van der Waals surface area contributed by atoms with Crippen molar-refractivity contribution in [3.8, 4) is 5.75 Å². The maximum absolute atomic E-state index is 5.52. The number of fused-ring (bicyclic) bond motifs is 1. The first kappa shape index (κ1) is 10.5. The number of aryl methyl sites for hydroxylation is 1. The third-order valence-corrected chi connectivity index (χ3v) is 3.39. The molecular weight excluding hydrogens is 206 g/mol. The summed E-state index contributed by atoms with van der Waals surface area (Å²) in [4.78, 5) is 0. The number of nitrogens with two attached hydrogens (primary N) is 1. The topological polar surface area (TPSA) is 35.2 Å². The highest BCUT2D eigenvalue weighted by atomic mass is 32.1. The number of hydrogen-bond donors (Lipinski definition) is 1. The SMILES string of the molecule is COc1cc2ccsc2cc1CCCN. The Kier molecular flexibility index (Phi) is 3.23. The van der Waals surface area contributed by atoms with Gasteiger partial charge < -0.3 is 10.5 Å². The van der Waals surface area contributed by atoms with Gasteiger partial charge in [-0.1, -0.05) is 0 Å². The van der Waals surface area contributed by atoms with Crippen LogP contribution in [-0.4, -0.2) is 13.7 Å². The second kappa shape index (κ2) is 4.64. The highest BCUT2D eigenvalue weighted by Crippen LogP contribution is 2.29. The molecule has 1 aromatic heterocycles. The first-order chi connectivity index (χ1) is 7.35. The Balaban J connectivity index is 2.40. The first-order valence-corrected chi connectivity index (χ1v) is 5.97. The lowest BCUT2D eigenvalue weighted by Gasteiger charge is -2.08. The molecule has 3 heteroatoms. The Morgan fingerprint density at radius 3 is 3.00 bits per heavy atom. The van der Waals surface area contributed by atoms with Crippen LogP contribution in [0, 0.1) is 0 Å². The van der Waals surface area contributed by atoms with Gasteiger partial charge in [-0.15, -0.1) is 11.3 Å². The van der Waals surface area contributed by atoms with Crippen LogP contribution in [0.4, 0.5) is 0 Å². The van der Waals surface area contributed by atoms with E-state index in [0.29, 0.717) is 0 Å². The smallest absolute Gasteiger partial charge is 0.122 e. The van der Waals surface area contributed by atoms with Crippen LogP contribution in [0.1, 0.15) is 12.0 Å². The predicted octanol–water partition coefficient (Wildman–Crippen LogP) is 2.80. The number of benzene rings is 1. The fourth-order valence-corrected chi connectivity index (χ4v) is 2.54. The molecule has 2 nitrogen and oxygen atoms in total. The molecule has 0 fully saturated rings. The molecule has 0 aliphatic rings. The Hall–Kier alpha value is -1.06. The van der Waals surface area contributed by atoms with E-state index in [-0.39, 0.29) is 0 Å². The fourth-order valence-electron chi connectivity index (χ4n) is 1.71. The number of rotatable bonds is 4. The van der Waals surface area contributed by atoms with Crippen LogP contribution in [0.3, 0.4) is 0 Å². The van der Waals surface area contributed by atoms with Gasteiger partial charge in [0.25, 0.3) is 0 Å². The van der Waals surface area contributed by atoms with Crippen molar-refractivity contribution in [3.63, 3.8) is 0 Å². The summed E-state index contributed by atoms with van der Waals surface area (Å²) < 4.78 is 6.71. The van der Waals surface area contributed by atoms with Crippen LogP contribution >= 0.6 is 11.3 Å². The second-order valence-corrected chi connectivity index (χ2v) is 4.46. The molecule has 0 spiro atoms. The lowest BCUT2D eigenvalue weighted by atomic mass is 10.1. The molecule has 0 amide bonds. The summed E-state index contributed by atoms with van der Waals surface area (Å²) in [6.07, 6.45) is 2.00. The van der Waals surface area contributed by atoms with E-state index in [2.05, 4.69) is 23.6 Å². The molecule has 80 valence electrons. The Morgan fingerprint density at radius 2 is 2.27 bits per heavy atom. The summed E-state index contributed by atoms with van der Waals surface area (Å²) in [6, 6.07) is 6.45. The van der Waals surface area contributed by atoms with E-state index < -0.39 is 0 Å². The van der Waals surface area contributed by atoms with E-state index in [1.165, 1.54) is 15.6 Å². The van der Waals surface area contributed by atoms with E-state index in [1.54, 1.807) is 18.4 Å². The van der Waals surface area contributed by atoms with Crippen molar-refractivity contribution in [2.75, 3.05) is 13.7 Å². The lowest BCUT2D eigenvalue weighted by Crippen LogP contribution is -2.01. The van der Waals surface area contributed by atoms with Gasteiger partial charge in [0.15, 0.2) is 0 Å². The summed E-state index contributed by atoms with van der Waals surface area (Å²) in [5.41, 5.74) is 6.78. The minimum Gasteiger partial charge on any atom is -0.496 e. The largest absolute Gasteiger partial charge is 0.496 e. The van der Waals surface area contributed by atoms with Crippen LogP contribution < -0.4 is 10.5 Å². The van der Waals surface area contributed by atoms with E-state index in [9.17, 15) is 0 Å². The van der Waals surface area contributed by atoms with Crippen molar-refractivity contribution < 1.29 is 4.74 Å². The quantitative estimate of drug-likeness (QED) is 0.861. The van der Waals surface area contributed by atoms with E-state index in [1.807, 2.05) is 0 Å². The van der Waals surface area contributed by atoms with Gasteiger partial charge in [-0.2, -0.15) is 0 Å². The van der Waals surface area contributed by atoms with Crippen molar-refractivity contribution >= 4 is 21.4 Å². The maximum Gasteiger partial charge on any atom is 0.122 e. The highest BCUT2D eigenvalue weighted by Gasteiger charge is 2.05. The van der Waals surface area contributed by atoms with Gasteiger partial charge in [0.2, 0.25) is 0 Å². The van der Waals surface area contributed by atoms with Crippen molar-refractivity contribution in [2.45, 2.75) is 12.8 Å². The Labute approximate surface area is 93.7 Å². The molecule has 2 N–H and O–H groups in total. The summed E-state index contributed by atoms with van der Waals surface area (Å²) in [5.74, 6) is 0.981. The highest BCUT2D eigenvalue weighted by molar-refractivity contribution is 7.17. The van der Waals surface area contributed by atoms with Crippen LogP contribution in [0.15, 0.2) is 23.6 Å². The standard InChI is InChI=1S/C12H15NOS/c1-14-11-7-10-4-6-15-12(10)8-9(11)3-2-5-13/h4,6-8H,2-3,5,13H2,1H3. The zero-order chi connectivity index (χ0) is 10.7. The fraction of sp³-hybridized carbons (Fsp3) is 0.333. The van der Waals surface area contributed by atoms with Gasteiger partial charge in [0.1, 0.15) is 5.75 Å². The third-order valence-electron chi connectivity index (χ3n) is 2.51. The molecule has 0 saturated heterocycles. The van der Waals surface area contributed by atoms with Crippen LogP contribution in [-0.2, 0) is 6.42 Å². The van der Waals surface area contributed by atoms with Gasteiger partial charge >= 0.3 is 0 Å². The summed E-state index contributed by atoms with van der Waals surface area (Å²) >= 11 is 1.77. The summed E-state index contributed by atoms with van der Waals surface area (Å²) in [7, 11) is 1.72. The number of ether oxygens (including phenoxy) is 1. The number of thiophene rings is 1. The molecule has 0 unspecified atom stereocenters. The normalized spacial score (nSPS) is 10.8. The van der Waals surface area contributed by atoms with Gasteiger partial charge in [-0.3, -0.25) is 0 Å². The molecule has 2 rings (SSSR count). The summed E-state index contributed by atoms with van der Waals surface area (Å²) in [6.45, 7) is 0.728. The molecule has 0 atom stereocenters. The molecule has 1 aromatic carbocycles. The first-order valence-electron chi connectivity index (χ1n) is 5.09. The second-order valence-electron chi connectivity index (χ2n) is 3.51. The zero-order valence-electron chi connectivity index (χ0n) is 8.82. The predicted molar refractivity (Wildman–Crippen MR) is 65.8 cm³/mol. The molecule has 1 heterocycles. The number of methoxy groups -OCH3 is 1. The Morgan fingerprint density at radius 1 is 1.40 bits per heavy atom. The average Bonchev–Trinajstić information content (AvgIpc) is 2.71. The van der Waals surface area contributed by atoms with Crippen molar-refractivity contribution in [2.24, 2.45) is 5.73 Å². The van der Waals surface area contributed by atoms with Gasteiger partial charge in [-0.05, 0) is 53.9 Å². The van der Waals surface area contributed by atoms with E-state index >= 15 is 0 Å². The van der Waals surface area contributed by atoms with E-state index in [0.717, 1.165) is 25.1 Å². The molecule has 0 radical (unpaired) electrons. The molecule has 15 heavy (non-hydrogen) atoms. The van der Waals surface area contributed by atoms with Crippen molar-refractivity contribution in [1.29, 1.82) is 0 Å². The van der Waals surface area contributed by atoms with Gasteiger partial charge in [-0.25, -0.2) is 0 Å². The van der Waals surface area contributed by atoms with Gasteiger partial charge in [0, 0.05) is 4.70 Å². The van der Waals surface area contributed by atoms with E-state index in [4.69, 9.17) is 10.5 Å². The maximum atomic E-state index is 5.52. The third kappa shape index (κ3) is 2.13. The van der Waals surface area contributed by atoms with Crippen molar-refractivity contribution in [1.82, 2.24) is 0 Å². The summed E-state index contributed by atoms with van der Waals surface area (Å²) in [5, 5.41) is 3.37. The van der Waals surface area contributed by atoms with Crippen LogP contribution in [0.2, 0.25) is 0 Å². The van der Waals surface area contributed by atoms with Crippen LogP contribution in [0.5, 0.6) is 5.75 Å². The monoisotopic (exact) mass is 221 g/mol. The van der Waals surface area contributed by atoms with Gasteiger partial charge in [0.05, 0.1) is 7.11 Å². The molecule has 2 aromatic rings. The zero-order valence-corrected chi connectivity index (χ0v) is 9.64. The molecular formula is C12H15NOS. The minimum atomic E-state index is 0.728. The molecule has 0 saturated carbocycles. The lowest BCUT2D eigenvalue weighted by molar-refractivity contribution is 0.410. The molecule has 0 bridgehead atoms.